The average Bonchev–Trinajstić information content (AvgIpc) is 2.90. The van der Waals surface area contributed by atoms with Gasteiger partial charge in [0.15, 0.2) is 12.4 Å². The summed E-state index contributed by atoms with van der Waals surface area (Å²) in [5, 5.41) is 1.78. The smallest absolute Gasteiger partial charge is 0.348 e. The van der Waals surface area contributed by atoms with E-state index in [4.69, 9.17) is 4.74 Å². The molecule has 0 aliphatic heterocycles. The Balaban J connectivity index is 1.92. The van der Waals surface area contributed by atoms with Gasteiger partial charge in [-0.15, -0.1) is 11.3 Å². The van der Waals surface area contributed by atoms with Crippen LogP contribution in [0.15, 0.2) is 46.3 Å². The number of ketones is 1. The molecule has 1 aromatic heterocycles. The minimum absolute atomic E-state index is 0.215. The summed E-state index contributed by atoms with van der Waals surface area (Å²) in [5.74, 6) is -0.678. The van der Waals surface area contributed by atoms with Crippen molar-refractivity contribution in [2.75, 3.05) is 6.61 Å². The van der Waals surface area contributed by atoms with Crippen LogP contribution in [0.5, 0.6) is 0 Å². The number of hydrogen-bond acceptors (Lipinski definition) is 4. The van der Waals surface area contributed by atoms with Gasteiger partial charge in [-0.1, -0.05) is 34.1 Å². The van der Waals surface area contributed by atoms with Crippen molar-refractivity contribution in [3.05, 3.63) is 56.7 Å². The topological polar surface area (TPSA) is 43.4 Å². The Bertz CT molecular complexity index is 546. The van der Waals surface area contributed by atoms with Crippen LogP contribution in [0.25, 0.3) is 0 Å². The molecule has 3 nitrogen and oxygen atoms in total. The Hall–Kier alpha value is -1.46. The van der Waals surface area contributed by atoms with Gasteiger partial charge in [0.25, 0.3) is 0 Å². The number of thiophene rings is 1. The molecule has 0 amide bonds. The molecule has 1 aromatic carbocycles. The molecule has 0 bridgehead atoms. The second-order valence-electron chi connectivity index (χ2n) is 3.48. The minimum atomic E-state index is -0.463. The summed E-state index contributed by atoms with van der Waals surface area (Å²) >= 11 is 4.58. The van der Waals surface area contributed by atoms with Crippen LogP contribution in [0.1, 0.15) is 20.0 Å². The maximum absolute atomic E-state index is 11.7. The fourth-order valence-electron chi connectivity index (χ4n) is 1.32. The molecule has 0 aliphatic rings. The summed E-state index contributed by atoms with van der Waals surface area (Å²) in [7, 11) is 0. The van der Waals surface area contributed by atoms with Crippen molar-refractivity contribution in [2.24, 2.45) is 0 Å². The number of rotatable bonds is 4. The molecule has 0 radical (unpaired) electrons. The summed E-state index contributed by atoms with van der Waals surface area (Å²) in [6.07, 6.45) is 0. The number of carbonyl (C=O) groups is 2. The third-order valence-corrected chi connectivity index (χ3v) is 3.60. The predicted molar refractivity (Wildman–Crippen MR) is 73.1 cm³/mol. The SMILES string of the molecule is O=C(COC(=O)c1cccs1)c1ccc(Br)cc1. The lowest BCUT2D eigenvalue weighted by Crippen LogP contribution is -2.13. The number of hydrogen-bond donors (Lipinski definition) is 0. The van der Waals surface area contributed by atoms with Crippen molar-refractivity contribution in [3.8, 4) is 0 Å². The lowest BCUT2D eigenvalue weighted by Gasteiger charge is -2.03. The number of Topliss-reactive ketones (excluding diaryl/α,β-unsaturated/α-hetero) is 1. The number of esters is 1. The highest BCUT2D eigenvalue weighted by molar-refractivity contribution is 9.10. The second-order valence-corrected chi connectivity index (χ2v) is 5.35. The fourth-order valence-corrected chi connectivity index (χ4v) is 2.20. The Labute approximate surface area is 117 Å². The lowest BCUT2D eigenvalue weighted by atomic mass is 10.1. The molecule has 2 rings (SSSR count). The minimum Gasteiger partial charge on any atom is -0.453 e. The van der Waals surface area contributed by atoms with Gasteiger partial charge in [0, 0.05) is 10.0 Å². The van der Waals surface area contributed by atoms with E-state index in [0.717, 1.165) is 4.47 Å². The predicted octanol–water partition coefficient (Wildman–Crippen LogP) is 3.55. The monoisotopic (exact) mass is 324 g/mol. The molecule has 92 valence electrons. The molecule has 1 heterocycles. The average molecular weight is 325 g/mol. The van der Waals surface area contributed by atoms with E-state index in [0.29, 0.717) is 10.4 Å². The molecule has 0 saturated heterocycles. The van der Waals surface area contributed by atoms with Crippen molar-refractivity contribution in [3.63, 3.8) is 0 Å². The highest BCUT2D eigenvalue weighted by Crippen LogP contribution is 2.12. The third-order valence-electron chi connectivity index (χ3n) is 2.22. The molecule has 0 aliphatic carbocycles. The molecule has 2 aromatic rings. The molecule has 5 heteroatoms. The summed E-state index contributed by atoms with van der Waals surface area (Å²) in [6, 6.07) is 10.3. The maximum Gasteiger partial charge on any atom is 0.348 e. The Kier molecular flexibility index (Phi) is 4.28. The van der Waals surface area contributed by atoms with Crippen LogP contribution in [0, 0.1) is 0 Å². The quantitative estimate of drug-likeness (QED) is 0.638. The molecule has 0 unspecified atom stereocenters. The molecule has 18 heavy (non-hydrogen) atoms. The third kappa shape index (κ3) is 3.27. The number of halogens is 1. The van der Waals surface area contributed by atoms with E-state index < -0.39 is 5.97 Å². The van der Waals surface area contributed by atoms with Crippen LogP contribution in [-0.4, -0.2) is 18.4 Å². The summed E-state index contributed by atoms with van der Waals surface area (Å²) in [5.41, 5.74) is 0.525. The van der Waals surface area contributed by atoms with E-state index in [1.807, 2.05) is 0 Å². The fraction of sp³-hybridized carbons (Fsp3) is 0.0769. The second kappa shape index (κ2) is 5.93. The molecule has 0 N–H and O–H groups in total. The first-order valence-electron chi connectivity index (χ1n) is 5.16. The Morgan fingerprint density at radius 1 is 1.17 bits per heavy atom. The van der Waals surface area contributed by atoms with E-state index in [2.05, 4.69) is 15.9 Å². The summed E-state index contributed by atoms with van der Waals surface area (Å²) in [6.45, 7) is -0.238. The number of ether oxygens (including phenoxy) is 1. The van der Waals surface area contributed by atoms with Gasteiger partial charge in [0.05, 0.1) is 0 Å². The van der Waals surface area contributed by atoms with Gasteiger partial charge in [-0.3, -0.25) is 4.79 Å². The van der Waals surface area contributed by atoms with Crippen LogP contribution >= 0.6 is 27.3 Å². The van der Waals surface area contributed by atoms with E-state index in [9.17, 15) is 9.59 Å². The zero-order chi connectivity index (χ0) is 13.0. The molecule has 0 saturated carbocycles. The van der Waals surface area contributed by atoms with Crippen molar-refractivity contribution in [2.45, 2.75) is 0 Å². The standard InChI is InChI=1S/C13H9BrO3S/c14-10-5-3-9(4-6-10)11(15)8-17-13(16)12-2-1-7-18-12/h1-7H,8H2. The summed E-state index contributed by atoms with van der Waals surface area (Å²) in [4.78, 5) is 23.8. The van der Waals surface area contributed by atoms with E-state index in [-0.39, 0.29) is 12.4 Å². The molecular weight excluding hydrogens is 316 g/mol. The Morgan fingerprint density at radius 3 is 2.50 bits per heavy atom. The number of benzene rings is 1. The molecule has 0 fully saturated rings. The first-order valence-corrected chi connectivity index (χ1v) is 6.83. The van der Waals surface area contributed by atoms with Gasteiger partial charge >= 0.3 is 5.97 Å². The molecule has 0 atom stereocenters. The number of carbonyl (C=O) groups excluding carboxylic acids is 2. The van der Waals surface area contributed by atoms with Crippen molar-refractivity contribution < 1.29 is 14.3 Å². The van der Waals surface area contributed by atoms with Crippen LogP contribution in [-0.2, 0) is 4.74 Å². The van der Waals surface area contributed by atoms with Gasteiger partial charge < -0.3 is 4.74 Å². The van der Waals surface area contributed by atoms with E-state index >= 15 is 0 Å². The Morgan fingerprint density at radius 2 is 1.89 bits per heavy atom. The highest BCUT2D eigenvalue weighted by atomic mass is 79.9. The van der Waals surface area contributed by atoms with Gasteiger partial charge in [0.2, 0.25) is 0 Å². The first-order chi connectivity index (χ1) is 8.66. The maximum atomic E-state index is 11.7. The van der Waals surface area contributed by atoms with E-state index in [1.165, 1.54) is 11.3 Å². The van der Waals surface area contributed by atoms with Crippen LogP contribution < -0.4 is 0 Å². The van der Waals surface area contributed by atoms with Gasteiger partial charge in [-0.05, 0) is 23.6 Å². The molecule has 0 spiro atoms. The van der Waals surface area contributed by atoms with Gasteiger partial charge in [0.1, 0.15) is 4.88 Å². The van der Waals surface area contributed by atoms with Gasteiger partial charge in [-0.2, -0.15) is 0 Å². The van der Waals surface area contributed by atoms with E-state index in [1.54, 1.807) is 41.8 Å². The van der Waals surface area contributed by atoms with Crippen LogP contribution in [0.4, 0.5) is 0 Å². The van der Waals surface area contributed by atoms with Gasteiger partial charge in [-0.25, -0.2) is 4.79 Å². The van der Waals surface area contributed by atoms with Crippen molar-refractivity contribution >= 4 is 39.0 Å². The zero-order valence-electron chi connectivity index (χ0n) is 9.26. The lowest BCUT2D eigenvalue weighted by molar-refractivity contribution is 0.0479. The molecular formula is C13H9BrO3S. The van der Waals surface area contributed by atoms with Crippen molar-refractivity contribution in [1.29, 1.82) is 0 Å². The zero-order valence-corrected chi connectivity index (χ0v) is 11.7. The van der Waals surface area contributed by atoms with Crippen LogP contribution in [0.2, 0.25) is 0 Å². The van der Waals surface area contributed by atoms with Crippen LogP contribution in [0.3, 0.4) is 0 Å². The van der Waals surface area contributed by atoms with Crippen molar-refractivity contribution in [1.82, 2.24) is 0 Å². The first kappa shape index (κ1) is 13.0. The normalized spacial score (nSPS) is 10.1. The summed E-state index contributed by atoms with van der Waals surface area (Å²) < 4.78 is 5.84. The highest BCUT2D eigenvalue weighted by Gasteiger charge is 2.12. The largest absolute Gasteiger partial charge is 0.453 e.